The lowest BCUT2D eigenvalue weighted by Crippen LogP contribution is -2.46. The van der Waals surface area contributed by atoms with Crippen LogP contribution in [0.15, 0.2) is 24.3 Å². The third-order valence-corrected chi connectivity index (χ3v) is 2.52. The SMILES string of the molecule is CCC(NC(=O)N(C)c1ccccc1F)C(=O)O. The Bertz CT molecular complexity index is 451. The van der Waals surface area contributed by atoms with Crippen LogP contribution in [0.5, 0.6) is 0 Å². The average molecular weight is 254 g/mol. The zero-order valence-electron chi connectivity index (χ0n) is 10.2. The molecule has 6 heteroatoms. The number of halogens is 1. The van der Waals surface area contributed by atoms with Crippen molar-refractivity contribution in [1.82, 2.24) is 5.32 Å². The van der Waals surface area contributed by atoms with Gasteiger partial charge in [0.25, 0.3) is 0 Å². The van der Waals surface area contributed by atoms with Gasteiger partial charge in [0.1, 0.15) is 11.9 Å². The van der Waals surface area contributed by atoms with E-state index in [0.29, 0.717) is 0 Å². The minimum Gasteiger partial charge on any atom is -0.480 e. The Balaban J connectivity index is 2.79. The first-order valence-electron chi connectivity index (χ1n) is 5.49. The number of anilines is 1. The van der Waals surface area contributed by atoms with Crippen molar-refractivity contribution in [1.29, 1.82) is 0 Å². The summed E-state index contributed by atoms with van der Waals surface area (Å²) in [6.45, 7) is 1.64. The fourth-order valence-electron chi connectivity index (χ4n) is 1.42. The summed E-state index contributed by atoms with van der Waals surface area (Å²) in [6, 6.07) is 4.14. The topological polar surface area (TPSA) is 69.6 Å². The molecule has 0 radical (unpaired) electrons. The number of hydrogen-bond donors (Lipinski definition) is 2. The number of rotatable bonds is 4. The maximum Gasteiger partial charge on any atom is 0.326 e. The molecule has 0 fully saturated rings. The zero-order valence-corrected chi connectivity index (χ0v) is 10.2. The molecule has 0 aliphatic carbocycles. The Morgan fingerprint density at radius 3 is 2.56 bits per heavy atom. The van der Waals surface area contributed by atoms with E-state index in [1.54, 1.807) is 13.0 Å². The second-order valence-electron chi connectivity index (χ2n) is 3.76. The zero-order chi connectivity index (χ0) is 13.7. The molecule has 1 aromatic rings. The summed E-state index contributed by atoms with van der Waals surface area (Å²) in [5.41, 5.74) is 0.0928. The van der Waals surface area contributed by atoms with Gasteiger partial charge in [0.2, 0.25) is 0 Å². The minimum atomic E-state index is -1.12. The van der Waals surface area contributed by atoms with Crippen LogP contribution in [0.2, 0.25) is 0 Å². The number of carboxylic acids is 1. The van der Waals surface area contributed by atoms with Crippen LogP contribution in [0.3, 0.4) is 0 Å². The number of hydrogen-bond acceptors (Lipinski definition) is 2. The van der Waals surface area contributed by atoms with E-state index in [0.717, 1.165) is 4.90 Å². The largest absolute Gasteiger partial charge is 0.480 e. The first-order chi connectivity index (χ1) is 8.47. The van der Waals surface area contributed by atoms with Crippen molar-refractivity contribution in [3.05, 3.63) is 30.1 Å². The van der Waals surface area contributed by atoms with Gasteiger partial charge in [-0.25, -0.2) is 14.0 Å². The van der Waals surface area contributed by atoms with Crippen molar-refractivity contribution in [2.24, 2.45) is 0 Å². The van der Waals surface area contributed by atoms with E-state index < -0.39 is 23.9 Å². The molecule has 0 saturated heterocycles. The predicted molar refractivity (Wildman–Crippen MR) is 65.0 cm³/mol. The molecule has 0 aliphatic heterocycles. The molecule has 0 spiro atoms. The van der Waals surface area contributed by atoms with E-state index in [1.807, 2.05) is 0 Å². The molecule has 0 saturated carbocycles. The van der Waals surface area contributed by atoms with Crippen LogP contribution in [-0.4, -0.2) is 30.2 Å². The van der Waals surface area contributed by atoms with Crippen molar-refractivity contribution in [2.75, 3.05) is 11.9 Å². The van der Waals surface area contributed by atoms with Crippen LogP contribution in [0.25, 0.3) is 0 Å². The second kappa shape index (κ2) is 6.00. The Hall–Kier alpha value is -2.11. The van der Waals surface area contributed by atoms with Gasteiger partial charge in [-0.1, -0.05) is 19.1 Å². The van der Waals surface area contributed by atoms with Gasteiger partial charge < -0.3 is 10.4 Å². The second-order valence-corrected chi connectivity index (χ2v) is 3.76. The first-order valence-corrected chi connectivity index (χ1v) is 5.49. The third kappa shape index (κ3) is 3.19. The van der Waals surface area contributed by atoms with E-state index in [4.69, 9.17) is 5.11 Å². The molecule has 18 heavy (non-hydrogen) atoms. The Morgan fingerprint density at radius 1 is 1.44 bits per heavy atom. The molecule has 98 valence electrons. The lowest BCUT2D eigenvalue weighted by molar-refractivity contribution is -0.139. The molecule has 2 amide bonds. The third-order valence-electron chi connectivity index (χ3n) is 2.52. The van der Waals surface area contributed by atoms with Crippen molar-refractivity contribution in [2.45, 2.75) is 19.4 Å². The molecular weight excluding hydrogens is 239 g/mol. The summed E-state index contributed by atoms with van der Waals surface area (Å²) in [5.74, 6) is -1.66. The molecule has 0 bridgehead atoms. The molecule has 1 atom stereocenters. The van der Waals surface area contributed by atoms with Crippen LogP contribution in [0.4, 0.5) is 14.9 Å². The molecule has 1 rings (SSSR count). The quantitative estimate of drug-likeness (QED) is 0.861. The van der Waals surface area contributed by atoms with Gasteiger partial charge in [0, 0.05) is 7.05 Å². The number of carbonyl (C=O) groups excluding carboxylic acids is 1. The van der Waals surface area contributed by atoms with Gasteiger partial charge in [0.15, 0.2) is 0 Å². The monoisotopic (exact) mass is 254 g/mol. The number of carbonyl (C=O) groups is 2. The van der Waals surface area contributed by atoms with Crippen molar-refractivity contribution in [3.8, 4) is 0 Å². The van der Waals surface area contributed by atoms with Gasteiger partial charge in [-0.15, -0.1) is 0 Å². The highest BCUT2D eigenvalue weighted by Crippen LogP contribution is 2.17. The van der Waals surface area contributed by atoms with E-state index in [2.05, 4.69) is 5.32 Å². The fraction of sp³-hybridized carbons (Fsp3) is 0.333. The Kier molecular flexibility index (Phi) is 4.65. The van der Waals surface area contributed by atoms with Crippen molar-refractivity contribution in [3.63, 3.8) is 0 Å². The van der Waals surface area contributed by atoms with Gasteiger partial charge in [-0.05, 0) is 18.6 Å². The fourth-order valence-corrected chi connectivity index (χ4v) is 1.42. The van der Waals surface area contributed by atoms with Crippen LogP contribution in [-0.2, 0) is 4.79 Å². The molecule has 0 aliphatic rings. The summed E-state index contributed by atoms with van der Waals surface area (Å²) >= 11 is 0. The number of amides is 2. The van der Waals surface area contributed by atoms with E-state index in [9.17, 15) is 14.0 Å². The summed E-state index contributed by atoms with van der Waals surface area (Å²) in [6.07, 6.45) is 0.256. The summed E-state index contributed by atoms with van der Waals surface area (Å²) < 4.78 is 13.4. The Labute approximate surface area is 104 Å². The number of nitrogens with zero attached hydrogens (tertiary/aromatic N) is 1. The van der Waals surface area contributed by atoms with E-state index in [1.165, 1.54) is 25.2 Å². The lowest BCUT2D eigenvalue weighted by Gasteiger charge is -2.21. The molecule has 1 aromatic carbocycles. The lowest BCUT2D eigenvalue weighted by atomic mass is 10.2. The van der Waals surface area contributed by atoms with Crippen LogP contribution in [0, 0.1) is 5.82 Å². The summed E-state index contributed by atoms with van der Waals surface area (Å²) in [7, 11) is 1.38. The highest BCUT2D eigenvalue weighted by atomic mass is 19.1. The van der Waals surface area contributed by atoms with Gasteiger partial charge in [-0.3, -0.25) is 4.90 Å². The first kappa shape index (κ1) is 14.0. The molecule has 0 aromatic heterocycles. The van der Waals surface area contributed by atoms with Crippen LogP contribution in [0.1, 0.15) is 13.3 Å². The van der Waals surface area contributed by atoms with Crippen molar-refractivity contribution < 1.29 is 19.1 Å². The van der Waals surface area contributed by atoms with Crippen LogP contribution >= 0.6 is 0 Å². The maximum atomic E-state index is 13.4. The number of aliphatic carboxylic acids is 1. The predicted octanol–water partition coefficient (Wildman–Crippen LogP) is 1.83. The van der Waals surface area contributed by atoms with Gasteiger partial charge in [0.05, 0.1) is 5.69 Å². The molecule has 2 N–H and O–H groups in total. The summed E-state index contributed by atoms with van der Waals surface area (Å²) in [4.78, 5) is 23.6. The number of benzene rings is 1. The normalized spacial score (nSPS) is 11.7. The number of urea groups is 1. The minimum absolute atomic E-state index is 0.0928. The molecule has 5 nitrogen and oxygen atoms in total. The smallest absolute Gasteiger partial charge is 0.326 e. The summed E-state index contributed by atoms with van der Waals surface area (Å²) in [5, 5.41) is 11.1. The number of carboxylic acid groups (broad SMARTS) is 1. The molecule has 0 heterocycles. The number of para-hydroxylation sites is 1. The number of nitrogens with one attached hydrogen (secondary N) is 1. The maximum absolute atomic E-state index is 13.4. The molecular formula is C12H15FN2O3. The Morgan fingerprint density at radius 2 is 2.06 bits per heavy atom. The standard InChI is InChI=1S/C12H15FN2O3/c1-3-9(11(16)17)14-12(18)15(2)10-7-5-4-6-8(10)13/h4-7,9H,3H2,1-2H3,(H,14,18)(H,16,17). The molecule has 1 unspecified atom stereocenters. The van der Waals surface area contributed by atoms with Crippen LogP contribution < -0.4 is 10.2 Å². The van der Waals surface area contributed by atoms with Gasteiger partial charge >= 0.3 is 12.0 Å². The van der Waals surface area contributed by atoms with E-state index in [-0.39, 0.29) is 12.1 Å². The highest BCUT2D eigenvalue weighted by Gasteiger charge is 2.21. The highest BCUT2D eigenvalue weighted by molar-refractivity contribution is 5.94. The van der Waals surface area contributed by atoms with E-state index >= 15 is 0 Å². The average Bonchev–Trinajstić information content (AvgIpc) is 2.35. The van der Waals surface area contributed by atoms with Gasteiger partial charge in [-0.2, -0.15) is 0 Å². The van der Waals surface area contributed by atoms with Crippen molar-refractivity contribution >= 4 is 17.7 Å².